The SMILES string of the molecule is C=CCCCCCCCCCCCCCCC.C=CN.CC(C)(C)CC=O.CNC=O.Cc1ncsc1-c1ccc(CC2CCCN2C)cc1. The van der Waals surface area contributed by atoms with E-state index in [1.165, 1.54) is 138 Å². The van der Waals surface area contributed by atoms with Crippen molar-refractivity contribution in [2.45, 2.75) is 156 Å². The van der Waals surface area contributed by atoms with E-state index >= 15 is 0 Å². The number of allylic oxidation sites excluding steroid dienone is 1. The van der Waals surface area contributed by atoms with Crippen LogP contribution >= 0.6 is 11.3 Å². The lowest BCUT2D eigenvalue weighted by Gasteiger charge is -2.19. The first-order valence-corrected chi connectivity index (χ1v) is 20.1. The summed E-state index contributed by atoms with van der Waals surface area (Å²) in [6.45, 7) is 18.6. The second kappa shape index (κ2) is 34.7. The van der Waals surface area contributed by atoms with Crippen molar-refractivity contribution >= 4 is 24.0 Å². The zero-order chi connectivity index (χ0) is 37.9. The quantitative estimate of drug-likeness (QED) is 0.0860. The summed E-state index contributed by atoms with van der Waals surface area (Å²) in [5.74, 6) is 0. The molecule has 286 valence electrons. The molecule has 0 saturated carbocycles. The van der Waals surface area contributed by atoms with Crippen molar-refractivity contribution in [2.24, 2.45) is 11.1 Å². The topological polar surface area (TPSA) is 88.3 Å². The van der Waals surface area contributed by atoms with Crippen LogP contribution in [0.2, 0.25) is 0 Å². The number of nitrogens with one attached hydrogen (secondary N) is 1. The average Bonchev–Trinajstić information content (AvgIpc) is 3.71. The van der Waals surface area contributed by atoms with E-state index in [9.17, 15) is 4.79 Å². The van der Waals surface area contributed by atoms with Crippen LogP contribution in [0.3, 0.4) is 0 Å². The molecule has 0 aliphatic carbocycles. The van der Waals surface area contributed by atoms with E-state index < -0.39 is 0 Å². The second-order valence-corrected chi connectivity index (χ2v) is 15.2. The molecule has 50 heavy (non-hydrogen) atoms. The van der Waals surface area contributed by atoms with E-state index in [1.807, 2.05) is 32.4 Å². The smallest absolute Gasteiger partial charge is 0.206 e. The zero-order valence-electron chi connectivity index (χ0n) is 33.3. The van der Waals surface area contributed by atoms with Gasteiger partial charge in [-0.3, -0.25) is 4.79 Å². The Labute approximate surface area is 312 Å². The number of carbonyl (C=O) groups is 2. The summed E-state index contributed by atoms with van der Waals surface area (Å²) < 4.78 is 0. The van der Waals surface area contributed by atoms with Gasteiger partial charge in [0.05, 0.1) is 16.1 Å². The molecule has 1 saturated heterocycles. The third-order valence-electron chi connectivity index (χ3n) is 8.43. The van der Waals surface area contributed by atoms with Crippen molar-refractivity contribution in [1.29, 1.82) is 0 Å². The molecule has 0 bridgehead atoms. The Morgan fingerprint density at radius 2 is 1.44 bits per heavy atom. The van der Waals surface area contributed by atoms with Gasteiger partial charge in [-0.25, -0.2) is 4.98 Å². The number of hydrogen-bond acceptors (Lipinski definition) is 6. The number of aldehydes is 1. The number of carbonyl (C=O) groups excluding carboxylic acids is 2. The molecular formula is C43H76N4O2S. The van der Waals surface area contributed by atoms with Crippen LogP contribution in [0.5, 0.6) is 0 Å². The molecule has 1 aliphatic heterocycles. The van der Waals surface area contributed by atoms with E-state index in [-0.39, 0.29) is 5.41 Å². The van der Waals surface area contributed by atoms with Crippen LogP contribution in [0.15, 0.2) is 55.2 Å². The Morgan fingerprint density at radius 3 is 1.78 bits per heavy atom. The molecule has 2 heterocycles. The van der Waals surface area contributed by atoms with Gasteiger partial charge in [-0.15, -0.1) is 17.9 Å². The molecule has 3 rings (SSSR count). The van der Waals surface area contributed by atoms with Crippen molar-refractivity contribution in [3.63, 3.8) is 0 Å². The van der Waals surface area contributed by atoms with Gasteiger partial charge in [0, 0.05) is 19.5 Å². The van der Waals surface area contributed by atoms with Crippen molar-refractivity contribution in [3.8, 4) is 10.4 Å². The second-order valence-electron chi connectivity index (χ2n) is 14.3. The summed E-state index contributed by atoms with van der Waals surface area (Å²) in [6, 6.07) is 9.77. The summed E-state index contributed by atoms with van der Waals surface area (Å²) in [4.78, 5) is 27.0. The molecular weight excluding hydrogens is 637 g/mol. The molecule has 6 nitrogen and oxygen atoms in total. The van der Waals surface area contributed by atoms with Gasteiger partial charge >= 0.3 is 0 Å². The van der Waals surface area contributed by atoms with Crippen LogP contribution in [-0.2, 0) is 16.0 Å². The Kier molecular flexibility index (Phi) is 34.2. The van der Waals surface area contributed by atoms with E-state index in [0.717, 1.165) is 18.0 Å². The van der Waals surface area contributed by atoms with Gasteiger partial charge in [-0.1, -0.05) is 142 Å². The number of amides is 1. The Hall–Kier alpha value is -2.77. The number of likely N-dealkylation sites (N-methyl/N-ethyl adjacent to an activating group) is 1. The minimum atomic E-state index is 0.182. The van der Waals surface area contributed by atoms with Gasteiger partial charge in [0.1, 0.15) is 6.29 Å². The number of unbranched alkanes of at least 4 members (excludes halogenated alkanes) is 13. The van der Waals surface area contributed by atoms with Crippen LogP contribution in [0.4, 0.5) is 0 Å². The van der Waals surface area contributed by atoms with E-state index in [4.69, 9.17) is 4.79 Å². The molecule has 1 atom stereocenters. The summed E-state index contributed by atoms with van der Waals surface area (Å²) in [6.07, 6.45) is 29.3. The lowest BCUT2D eigenvalue weighted by Crippen LogP contribution is -2.26. The number of nitrogens with two attached hydrogens (primary N) is 1. The Bertz CT molecular complexity index is 1060. The number of thiazole rings is 1. The van der Waals surface area contributed by atoms with Gasteiger partial charge in [0.25, 0.3) is 0 Å². The summed E-state index contributed by atoms with van der Waals surface area (Å²) in [5, 5.41) is 2.25. The van der Waals surface area contributed by atoms with Crippen LogP contribution in [-0.4, -0.2) is 49.3 Å². The first-order chi connectivity index (χ1) is 24.0. The predicted molar refractivity (Wildman–Crippen MR) is 222 cm³/mol. The molecule has 7 heteroatoms. The third-order valence-corrected chi connectivity index (χ3v) is 9.41. The molecule has 0 spiro atoms. The van der Waals surface area contributed by atoms with Gasteiger partial charge in [0.15, 0.2) is 0 Å². The minimum absolute atomic E-state index is 0.182. The maximum atomic E-state index is 9.82. The van der Waals surface area contributed by atoms with Crippen molar-refractivity contribution in [1.82, 2.24) is 15.2 Å². The van der Waals surface area contributed by atoms with E-state index in [2.05, 4.69) is 79.3 Å². The average molecular weight is 713 g/mol. The molecule has 1 unspecified atom stereocenters. The lowest BCUT2D eigenvalue weighted by molar-refractivity contribution is -0.110. The highest BCUT2D eigenvalue weighted by Gasteiger charge is 2.20. The number of nitrogens with zero attached hydrogens (tertiary/aromatic N) is 2. The maximum Gasteiger partial charge on any atom is 0.206 e. The molecule has 1 fully saturated rings. The van der Waals surface area contributed by atoms with Crippen LogP contribution in [0.1, 0.15) is 148 Å². The van der Waals surface area contributed by atoms with Crippen molar-refractivity contribution in [3.05, 3.63) is 66.5 Å². The summed E-state index contributed by atoms with van der Waals surface area (Å²) in [5.41, 5.74) is 10.6. The fraction of sp³-hybridized carbons (Fsp3) is 0.651. The highest BCUT2D eigenvalue weighted by molar-refractivity contribution is 7.13. The van der Waals surface area contributed by atoms with Crippen molar-refractivity contribution < 1.29 is 9.59 Å². The largest absolute Gasteiger partial charge is 0.405 e. The number of aryl methyl sites for hydroxylation is 1. The molecule has 3 N–H and O–H groups in total. The fourth-order valence-corrected chi connectivity index (χ4v) is 6.25. The van der Waals surface area contributed by atoms with E-state index in [0.29, 0.717) is 12.8 Å². The number of hydrogen-bond donors (Lipinski definition) is 2. The first-order valence-electron chi connectivity index (χ1n) is 19.2. The standard InChI is InChI=1S/C17H34.C16H20N2S.C6H12O.C2H5NO.C2H5N/c1-3-5-7-9-11-13-15-17-16-14-12-10-8-6-4-2;1-12-16(19-11-17-12)14-7-5-13(6-8-14)10-15-4-3-9-18(15)2;1-6(2,3)4-5-7;1-3-2-4;1-2-3/h3H,1,4-17H2,2H3;5-8,11,15H,3-4,9-10H2,1-2H3;5H,4H2,1-3H3;2H,1H3,(H,3,4);2H,1,3H2. The monoisotopic (exact) mass is 713 g/mol. The normalized spacial score (nSPS) is 13.5. The van der Waals surface area contributed by atoms with Gasteiger partial charge in [-0.05, 0) is 75.4 Å². The third kappa shape index (κ3) is 30.1. The maximum absolute atomic E-state index is 9.82. The first kappa shape index (κ1) is 49.3. The Balaban J connectivity index is 0. The Morgan fingerprint density at radius 1 is 0.940 bits per heavy atom. The molecule has 2 aromatic rings. The highest BCUT2D eigenvalue weighted by atomic mass is 32.1. The van der Waals surface area contributed by atoms with Crippen LogP contribution in [0, 0.1) is 12.3 Å². The minimum Gasteiger partial charge on any atom is -0.405 e. The van der Waals surface area contributed by atoms with Gasteiger partial charge in [0.2, 0.25) is 6.41 Å². The molecule has 1 amide bonds. The molecule has 1 aromatic heterocycles. The highest BCUT2D eigenvalue weighted by Crippen LogP contribution is 2.28. The number of aromatic nitrogens is 1. The van der Waals surface area contributed by atoms with Gasteiger partial charge in [-0.2, -0.15) is 0 Å². The van der Waals surface area contributed by atoms with Crippen molar-refractivity contribution in [2.75, 3.05) is 20.6 Å². The van der Waals surface area contributed by atoms with Crippen LogP contribution < -0.4 is 11.1 Å². The van der Waals surface area contributed by atoms with Crippen LogP contribution in [0.25, 0.3) is 10.4 Å². The number of benzene rings is 1. The zero-order valence-corrected chi connectivity index (χ0v) is 34.1. The van der Waals surface area contributed by atoms with E-state index in [1.54, 1.807) is 18.4 Å². The summed E-state index contributed by atoms with van der Waals surface area (Å²) in [7, 11) is 3.81. The predicted octanol–water partition coefficient (Wildman–Crippen LogP) is 11.5. The summed E-state index contributed by atoms with van der Waals surface area (Å²) >= 11 is 1.72. The molecule has 1 aromatic carbocycles. The van der Waals surface area contributed by atoms with Gasteiger partial charge < -0.3 is 20.7 Å². The lowest BCUT2D eigenvalue weighted by atomic mass is 9.93. The molecule has 1 aliphatic rings. The fourth-order valence-electron chi connectivity index (χ4n) is 5.44. The number of likely N-dealkylation sites (tertiary alicyclic amines) is 1. The molecule has 0 radical (unpaired) electrons. The number of rotatable bonds is 19.